The minimum atomic E-state index is 0.164. The van der Waals surface area contributed by atoms with Crippen LogP contribution in [0.2, 0.25) is 0 Å². The molecular weight excluding hydrogens is 250 g/mol. The van der Waals surface area contributed by atoms with Gasteiger partial charge in [0, 0.05) is 25.2 Å². The third kappa shape index (κ3) is 2.85. The van der Waals surface area contributed by atoms with Gasteiger partial charge in [-0.05, 0) is 50.1 Å². The molecular formula is C16H23N3O. The standard InChI is InChI=1S/C16H23N3O/c1-5-20-13-6-7-14(11(2)8-13)15(10-17)16-9-12(3)18-19(16)4/h6-9,15H,5,10,17H2,1-4H3. The first-order valence-corrected chi connectivity index (χ1v) is 7.00. The van der Waals surface area contributed by atoms with E-state index in [0.29, 0.717) is 13.2 Å². The maximum absolute atomic E-state index is 6.01. The Kier molecular flexibility index (Phi) is 4.45. The van der Waals surface area contributed by atoms with Crippen molar-refractivity contribution in [3.8, 4) is 5.75 Å². The second-order valence-corrected chi connectivity index (χ2v) is 5.07. The van der Waals surface area contributed by atoms with E-state index in [1.54, 1.807) is 0 Å². The van der Waals surface area contributed by atoms with Crippen molar-refractivity contribution in [1.82, 2.24) is 9.78 Å². The summed E-state index contributed by atoms with van der Waals surface area (Å²) in [6, 6.07) is 8.30. The third-order valence-electron chi connectivity index (χ3n) is 3.56. The maximum atomic E-state index is 6.01. The number of hydrogen-bond donors (Lipinski definition) is 1. The van der Waals surface area contributed by atoms with Gasteiger partial charge in [0.25, 0.3) is 0 Å². The molecule has 0 saturated carbocycles. The first-order chi connectivity index (χ1) is 9.56. The normalized spacial score (nSPS) is 12.4. The fourth-order valence-corrected chi connectivity index (χ4v) is 2.66. The van der Waals surface area contributed by atoms with E-state index in [1.165, 1.54) is 11.1 Å². The van der Waals surface area contributed by atoms with Crippen molar-refractivity contribution >= 4 is 0 Å². The van der Waals surface area contributed by atoms with Gasteiger partial charge in [-0.15, -0.1) is 0 Å². The summed E-state index contributed by atoms with van der Waals surface area (Å²) in [5, 5.41) is 4.42. The molecule has 4 heteroatoms. The second-order valence-electron chi connectivity index (χ2n) is 5.07. The lowest BCUT2D eigenvalue weighted by Crippen LogP contribution is -2.18. The van der Waals surface area contributed by atoms with Gasteiger partial charge in [0.15, 0.2) is 0 Å². The van der Waals surface area contributed by atoms with E-state index < -0.39 is 0 Å². The van der Waals surface area contributed by atoms with Gasteiger partial charge in [-0.25, -0.2) is 0 Å². The van der Waals surface area contributed by atoms with E-state index in [0.717, 1.165) is 17.1 Å². The SMILES string of the molecule is CCOc1ccc(C(CN)c2cc(C)nn2C)c(C)c1. The molecule has 20 heavy (non-hydrogen) atoms. The molecule has 0 fully saturated rings. The Bertz CT molecular complexity index is 589. The molecule has 1 heterocycles. The first kappa shape index (κ1) is 14.6. The van der Waals surface area contributed by atoms with E-state index in [9.17, 15) is 0 Å². The molecule has 0 aliphatic heterocycles. The molecule has 4 nitrogen and oxygen atoms in total. The summed E-state index contributed by atoms with van der Waals surface area (Å²) < 4.78 is 7.46. The molecule has 0 radical (unpaired) electrons. The fourth-order valence-electron chi connectivity index (χ4n) is 2.66. The van der Waals surface area contributed by atoms with Crippen LogP contribution >= 0.6 is 0 Å². The lowest BCUT2D eigenvalue weighted by atomic mass is 9.91. The Balaban J connectivity index is 2.39. The van der Waals surface area contributed by atoms with E-state index in [4.69, 9.17) is 10.5 Å². The third-order valence-corrected chi connectivity index (χ3v) is 3.56. The Morgan fingerprint density at radius 2 is 2.05 bits per heavy atom. The van der Waals surface area contributed by atoms with Gasteiger partial charge in [0.1, 0.15) is 5.75 Å². The molecule has 1 aromatic carbocycles. The zero-order chi connectivity index (χ0) is 14.7. The molecule has 2 N–H and O–H groups in total. The number of nitrogens with two attached hydrogens (primary N) is 1. The monoisotopic (exact) mass is 273 g/mol. The zero-order valence-corrected chi connectivity index (χ0v) is 12.7. The van der Waals surface area contributed by atoms with Gasteiger partial charge in [-0.3, -0.25) is 4.68 Å². The van der Waals surface area contributed by atoms with Crippen molar-refractivity contribution in [2.24, 2.45) is 12.8 Å². The summed E-state index contributed by atoms with van der Waals surface area (Å²) in [5.74, 6) is 1.07. The molecule has 0 amide bonds. The highest BCUT2D eigenvalue weighted by Crippen LogP contribution is 2.29. The topological polar surface area (TPSA) is 53.1 Å². The molecule has 1 aromatic heterocycles. The molecule has 0 bridgehead atoms. The molecule has 0 saturated heterocycles. The van der Waals surface area contributed by atoms with Crippen LogP contribution in [0.3, 0.4) is 0 Å². The molecule has 1 unspecified atom stereocenters. The Morgan fingerprint density at radius 3 is 2.55 bits per heavy atom. The predicted molar refractivity (Wildman–Crippen MR) is 81.2 cm³/mol. The van der Waals surface area contributed by atoms with Gasteiger partial charge in [-0.1, -0.05) is 6.07 Å². The van der Waals surface area contributed by atoms with Crippen LogP contribution < -0.4 is 10.5 Å². The summed E-state index contributed by atoms with van der Waals surface area (Å²) in [5.41, 5.74) is 10.6. The van der Waals surface area contributed by atoms with Crippen molar-refractivity contribution in [2.75, 3.05) is 13.2 Å². The van der Waals surface area contributed by atoms with E-state index in [1.807, 2.05) is 31.6 Å². The van der Waals surface area contributed by atoms with Crippen molar-refractivity contribution in [3.05, 3.63) is 46.8 Å². The highest BCUT2D eigenvalue weighted by atomic mass is 16.5. The summed E-state index contributed by atoms with van der Waals surface area (Å²) >= 11 is 0. The van der Waals surface area contributed by atoms with Crippen molar-refractivity contribution in [3.63, 3.8) is 0 Å². The molecule has 108 valence electrons. The molecule has 2 aromatic rings. The number of aromatic nitrogens is 2. The summed E-state index contributed by atoms with van der Waals surface area (Å²) in [6.07, 6.45) is 0. The average Bonchev–Trinajstić information content (AvgIpc) is 2.72. The summed E-state index contributed by atoms with van der Waals surface area (Å²) in [7, 11) is 1.97. The molecule has 0 aliphatic rings. The van der Waals surface area contributed by atoms with Gasteiger partial charge in [0.05, 0.1) is 12.3 Å². The van der Waals surface area contributed by atoms with Crippen LogP contribution in [0.25, 0.3) is 0 Å². The fraction of sp³-hybridized carbons (Fsp3) is 0.438. The van der Waals surface area contributed by atoms with Crippen molar-refractivity contribution in [1.29, 1.82) is 0 Å². The van der Waals surface area contributed by atoms with Gasteiger partial charge >= 0.3 is 0 Å². The number of benzene rings is 1. The van der Waals surface area contributed by atoms with E-state index in [2.05, 4.69) is 30.2 Å². The predicted octanol–water partition coefficient (Wildman–Crippen LogP) is 2.53. The number of aryl methyl sites for hydroxylation is 3. The minimum absolute atomic E-state index is 0.164. The number of rotatable bonds is 5. The molecule has 0 spiro atoms. The van der Waals surface area contributed by atoms with Crippen LogP contribution in [0.15, 0.2) is 24.3 Å². The number of hydrogen-bond acceptors (Lipinski definition) is 3. The molecule has 0 aliphatic carbocycles. The summed E-state index contributed by atoms with van der Waals surface area (Å²) in [6.45, 7) is 7.34. The Labute approximate surface area is 120 Å². The van der Waals surface area contributed by atoms with Gasteiger partial charge < -0.3 is 10.5 Å². The minimum Gasteiger partial charge on any atom is -0.494 e. The smallest absolute Gasteiger partial charge is 0.119 e. The van der Waals surface area contributed by atoms with E-state index in [-0.39, 0.29) is 5.92 Å². The highest BCUT2D eigenvalue weighted by molar-refractivity contribution is 5.40. The van der Waals surface area contributed by atoms with Gasteiger partial charge in [0.2, 0.25) is 0 Å². The van der Waals surface area contributed by atoms with Crippen LogP contribution in [0.4, 0.5) is 0 Å². The van der Waals surface area contributed by atoms with E-state index >= 15 is 0 Å². The first-order valence-electron chi connectivity index (χ1n) is 7.00. The van der Waals surface area contributed by atoms with Crippen LogP contribution in [0.5, 0.6) is 5.75 Å². The Morgan fingerprint density at radius 1 is 1.30 bits per heavy atom. The summed E-state index contributed by atoms with van der Waals surface area (Å²) in [4.78, 5) is 0. The number of nitrogens with zero attached hydrogens (tertiary/aromatic N) is 2. The van der Waals surface area contributed by atoms with Crippen LogP contribution in [-0.2, 0) is 7.05 Å². The largest absolute Gasteiger partial charge is 0.494 e. The van der Waals surface area contributed by atoms with Crippen LogP contribution in [0.1, 0.15) is 35.4 Å². The van der Waals surface area contributed by atoms with Crippen LogP contribution in [0, 0.1) is 13.8 Å². The quantitative estimate of drug-likeness (QED) is 0.910. The number of ether oxygens (including phenoxy) is 1. The lowest BCUT2D eigenvalue weighted by Gasteiger charge is -2.18. The lowest BCUT2D eigenvalue weighted by molar-refractivity contribution is 0.340. The molecule has 1 atom stereocenters. The maximum Gasteiger partial charge on any atom is 0.119 e. The Hall–Kier alpha value is -1.81. The van der Waals surface area contributed by atoms with Crippen molar-refractivity contribution < 1.29 is 4.74 Å². The van der Waals surface area contributed by atoms with Crippen LogP contribution in [-0.4, -0.2) is 22.9 Å². The highest BCUT2D eigenvalue weighted by Gasteiger charge is 2.19. The molecule has 2 rings (SSSR count). The van der Waals surface area contributed by atoms with Crippen molar-refractivity contribution in [2.45, 2.75) is 26.7 Å². The zero-order valence-electron chi connectivity index (χ0n) is 12.7. The average molecular weight is 273 g/mol. The second kappa shape index (κ2) is 6.09. The van der Waals surface area contributed by atoms with Gasteiger partial charge in [-0.2, -0.15) is 5.10 Å².